The van der Waals surface area contributed by atoms with Gasteiger partial charge >= 0.3 is 6.09 Å². The predicted molar refractivity (Wildman–Crippen MR) is 100 cm³/mol. The lowest BCUT2D eigenvalue weighted by atomic mass is 9.99. The number of benzene rings is 2. The van der Waals surface area contributed by atoms with Crippen LogP contribution >= 0.6 is 0 Å². The van der Waals surface area contributed by atoms with E-state index in [0.29, 0.717) is 11.3 Å². The van der Waals surface area contributed by atoms with Crippen LogP contribution in [0.2, 0.25) is 0 Å². The molecular weight excluding hydrogens is 314 g/mol. The number of carbonyl (C=O) groups is 2. The molecule has 0 bridgehead atoms. The summed E-state index contributed by atoms with van der Waals surface area (Å²) in [5, 5.41) is 2.79. The van der Waals surface area contributed by atoms with Gasteiger partial charge < -0.3 is 4.74 Å². The SMILES string of the molecule is CCc1ccc(CC(=O)c2ccccc2)c(NC(=O)OC(C)(C)C)c1. The molecule has 0 unspecified atom stereocenters. The van der Waals surface area contributed by atoms with Crippen molar-refractivity contribution in [2.24, 2.45) is 0 Å². The molecule has 2 aromatic rings. The van der Waals surface area contributed by atoms with Gasteiger partial charge in [-0.05, 0) is 44.4 Å². The molecule has 0 atom stereocenters. The summed E-state index contributed by atoms with van der Waals surface area (Å²) < 4.78 is 5.32. The van der Waals surface area contributed by atoms with E-state index in [4.69, 9.17) is 4.74 Å². The number of carbonyl (C=O) groups excluding carboxylic acids is 2. The second kappa shape index (κ2) is 7.97. The lowest BCUT2D eigenvalue weighted by Gasteiger charge is -2.20. The lowest BCUT2D eigenvalue weighted by molar-refractivity contribution is 0.0635. The first-order valence-electron chi connectivity index (χ1n) is 8.48. The number of nitrogens with one attached hydrogen (secondary N) is 1. The third kappa shape index (κ3) is 5.75. The molecule has 2 rings (SSSR count). The van der Waals surface area contributed by atoms with Crippen molar-refractivity contribution >= 4 is 17.6 Å². The minimum absolute atomic E-state index is 0.0112. The maximum atomic E-state index is 12.5. The van der Waals surface area contributed by atoms with E-state index in [2.05, 4.69) is 5.32 Å². The van der Waals surface area contributed by atoms with Gasteiger partial charge in [-0.2, -0.15) is 0 Å². The molecule has 1 N–H and O–H groups in total. The van der Waals surface area contributed by atoms with Gasteiger partial charge in [0.05, 0.1) is 0 Å². The van der Waals surface area contributed by atoms with Crippen LogP contribution in [0.3, 0.4) is 0 Å². The van der Waals surface area contributed by atoms with Gasteiger partial charge in [-0.15, -0.1) is 0 Å². The molecule has 0 radical (unpaired) electrons. The maximum Gasteiger partial charge on any atom is 0.412 e. The Balaban J connectivity index is 2.22. The second-order valence-electron chi connectivity index (χ2n) is 6.94. The average molecular weight is 339 g/mol. The normalized spacial score (nSPS) is 11.0. The van der Waals surface area contributed by atoms with Crippen molar-refractivity contribution in [1.29, 1.82) is 0 Å². The van der Waals surface area contributed by atoms with Gasteiger partial charge in [0.25, 0.3) is 0 Å². The van der Waals surface area contributed by atoms with Crippen LogP contribution in [-0.4, -0.2) is 17.5 Å². The number of rotatable bonds is 5. The molecule has 0 spiro atoms. The van der Waals surface area contributed by atoms with Crippen LogP contribution in [-0.2, 0) is 17.6 Å². The Morgan fingerprint density at radius 3 is 2.32 bits per heavy atom. The zero-order chi connectivity index (χ0) is 18.4. The highest BCUT2D eigenvalue weighted by molar-refractivity contribution is 5.98. The zero-order valence-electron chi connectivity index (χ0n) is 15.3. The maximum absolute atomic E-state index is 12.5. The van der Waals surface area contributed by atoms with E-state index in [0.717, 1.165) is 17.5 Å². The second-order valence-corrected chi connectivity index (χ2v) is 6.94. The smallest absolute Gasteiger partial charge is 0.412 e. The van der Waals surface area contributed by atoms with Crippen LogP contribution in [0.25, 0.3) is 0 Å². The summed E-state index contributed by atoms with van der Waals surface area (Å²) in [6.45, 7) is 7.49. The van der Waals surface area contributed by atoms with E-state index in [9.17, 15) is 9.59 Å². The van der Waals surface area contributed by atoms with E-state index >= 15 is 0 Å². The van der Waals surface area contributed by atoms with Crippen molar-refractivity contribution < 1.29 is 14.3 Å². The monoisotopic (exact) mass is 339 g/mol. The molecule has 0 heterocycles. The summed E-state index contributed by atoms with van der Waals surface area (Å²) in [6.07, 6.45) is 0.545. The van der Waals surface area contributed by atoms with Crippen molar-refractivity contribution in [3.63, 3.8) is 0 Å². The summed E-state index contributed by atoms with van der Waals surface area (Å²) in [6, 6.07) is 14.9. The quantitative estimate of drug-likeness (QED) is 0.778. The van der Waals surface area contributed by atoms with Crippen molar-refractivity contribution in [3.8, 4) is 0 Å². The Morgan fingerprint density at radius 1 is 1.04 bits per heavy atom. The highest BCUT2D eigenvalue weighted by Crippen LogP contribution is 2.22. The van der Waals surface area contributed by atoms with Crippen molar-refractivity contribution in [3.05, 3.63) is 65.2 Å². The molecule has 2 aromatic carbocycles. The molecule has 132 valence electrons. The minimum Gasteiger partial charge on any atom is -0.444 e. The van der Waals surface area contributed by atoms with Crippen LogP contribution in [0.5, 0.6) is 0 Å². The fraction of sp³-hybridized carbons (Fsp3) is 0.333. The Hall–Kier alpha value is -2.62. The van der Waals surface area contributed by atoms with Gasteiger partial charge in [-0.25, -0.2) is 4.79 Å². The molecule has 0 saturated carbocycles. The number of ether oxygens (including phenoxy) is 1. The van der Waals surface area contributed by atoms with E-state index in [1.165, 1.54) is 0 Å². The molecule has 0 aliphatic rings. The predicted octanol–water partition coefficient (Wildman–Crippen LogP) is 5.02. The lowest BCUT2D eigenvalue weighted by Crippen LogP contribution is -2.27. The molecule has 0 saturated heterocycles. The van der Waals surface area contributed by atoms with Crippen LogP contribution in [0.4, 0.5) is 10.5 Å². The summed E-state index contributed by atoms with van der Waals surface area (Å²) in [5.41, 5.74) is 2.56. The number of hydrogen-bond donors (Lipinski definition) is 1. The van der Waals surface area contributed by atoms with E-state index < -0.39 is 11.7 Å². The van der Waals surface area contributed by atoms with E-state index in [1.54, 1.807) is 12.1 Å². The van der Waals surface area contributed by atoms with Gasteiger partial charge in [0, 0.05) is 17.7 Å². The van der Waals surface area contributed by atoms with Gasteiger partial charge in [0.2, 0.25) is 0 Å². The molecule has 0 aromatic heterocycles. The van der Waals surface area contributed by atoms with Crippen LogP contribution in [0, 0.1) is 0 Å². The molecule has 4 nitrogen and oxygen atoms in total. The highest BCUT2D eigenvalue weighted by atomic mass is 16.6. The van der Waals surface area contributed by atoms with Crippen LogP contribution < -0.4 is 5.32 Å². The topological polar surface area (TPSA) is 55.4 Å². The third-order valence-corrected chi connectivity index (χ3v) is 3.66. The number of ketones is 1. The molecular formula is C21H25NO3. The molecule has 25 heavy (non-hydrogen) atoms. The Bertz CT molecular complexity index is 745. The van der Waals surface area contributed by atoms with Gasteiger partial charge in [-0.1, -0.05) is 49.4 Å². The first kappa shape index (κ1) is 18.7. The van der Waals surface area contributed by atoms with Crippen LogP contribution in [0.15, 0.2) is 48.5 Å². The number of amides is 1. The van der Waals surface area contributed by atoms with E-state index in [-0.39, 0.29) is 12.2 Å². The number of anilines is 1. The average Bonchev–Trinajstić information content (AvgIpc) is 2.55. The molecule has 4 heteroatoms. The summed E-state index contributed by atoms with van der Waals surface area (Å²) >= 11 is 0. The first-order valence-corrected chi connectivity index (χ1v) is 8.48. The first-order chi connectivity index (χ1) is 11.8. The van der Waals surface area contributed by atoms with Gasteiger partial charge in [-0.3, -0.25) is 10.1 Å². The van der Waals surface area contributed by atoms with Crippen molar-refractivity contribution in [1.82, 2.24) is 0 Å². The third-order valence-electron chi connectivity index (χ3n) is 3.66. The van der Waals surface area contributed by atoms with Crippen molar-refractivity contribution in [2.75, 3.05) is 5.32 Å². The summed E-state index contributed by atoms with van der Waals surface area (Å²) in [4.78, 5) is 24.6. The zero-order valence-corrected chi connectivity index (χ0v) is 15.3. The molecule has 1 amide bonds. The van der Waals surface area contributed by atoms with Gasteiger partial charge in [0.1, 0.15) is 5.60 Å². The van der Waals surface area contributed by atoms with Crippen molar-refractivity contribution in [2.45, 2.75) is 46.1 Å². The van der Waals surface area contributed by atoms with E-state index in [1.807, 2.05) is 64.1 Å². The number of aryl methyl sites for hydroxylation is 1. The molecule has 0 aliphatic heterocycles. The highest BCUT2D eigenvalue weighted by Gasteiger charge is 2.18. The Labute approximate surface area is 149 Å². The Morgan fingerprint density at radius 2 is 1.72 bits per heavy atom. The number of Topliss-reactive ketones (excluding diaryl/α,β-unsaturated/α-hetero) is 1. The summed E-state index contributed by atoms with van der Waals surface area (Å²) in [5.74, 6) is 0.0112. The fourth-order valence-electron chi connectivity index (χ4n) is 2.43. The largest absolute Gasteiger partial charge is 0.444 e. The summed E-state index contributed by atoms with van der Waals surface area (Å²) in [7, 11) is 0. The Kier molecular flexibility index (Phi) is 5.97. The van der Waals surface area contributed by atoms with Crippen LogP contribution in [0.1, 0.15) is 49.2 Å². The molecule has 0 aliphatic carbocycles. The fourth-order valence-corrected chi connectivity index (χ4v) is 2.43. The standard InChI is InChI=1S/C21H25NO3/c1-5-15-11-12-17(14-19(23)16-9-7-6-8-10-16)18(13-15)22-20(24)25-21(2,3)4/h6-13H,5,14H2,1-4H3,(H,22,24). The number of hydrogen-bond acceptors (Lipinski definition) is 3. The minimum atomic E-state index is -0.577. The molecule has 0 fully saturated rings. The van der Waals surface area contributed by atoms with Gasteiger partial charge in [0.15, 0.2) is 5.78 Å².